The summed E-state index contributed by atoms with van der Waals surface area (Å²) in [6.07, 6.45) is 2.34. The number of nitrogens with one attached hydrogen (secondary N) is 2. The van der Waals surface area contributed by atoms with Crippen molar-refractivity contribution in [2.24, 2.45) is 13.0 Å². The summed E-state index contributed by atoms with van der Waals surface area (Å²) in [6.45, 7) is 3.38. The van der Waals surface area contributed by atoms with Gasteiger partial charge >= 0.3 is 0 Å². The number of rotatable bonds is 9. The number of Topliss-reactive ketones (excluding diaryl/α,β-unsaturated/α-hetero) is 1. The van der Waals surface area contributed by atoms with Crippen LogP contribution < -0.4 is 10.6 Å². The van der Waals surface area contributed by atoms with Crippen LogP contribution >= 0.6 is 0 Å². The predicted octanol–water partition coefficient (Wildman–Crippen LogP) is 0.378. The van der Waals surface area contributed by atoms with E-state index in [0.717, 1.165) is 18.0 Å². The van der Waals surface area contributed by atoms with Crippen molar-refractivity contribution >= 4 is 28.5 Å². The third-order valence-electron chi connectivity index (χ3n) is 5.11. The van der Waals surface area contributed by atoms with E-state index in [1.165, 1.54) is 0 Å². The maximum absolute atomic E-state index is 12.6. The first kappa shape index (κ1) is 24.5. The highest BCUT2D eigenvalue weighted by atomic mass is 16.6. The van der Waals surface area contributed by atoms with Gasteiger partial charge in [-0.25, -0.2) is 0 Å². The number of hydrogen-bond donors (Lipinski definition) is 4. The van der Waals surface area contributed by atoms with E-state index in [2.05, 4.69) is 10.6 Å². The summed E-state index contributed by atoms with van der Waals surface area (Å²) in [7, 11) is 2.93. The lowest BCUT2D eigenvalue weighted by Crippen LogP contribution is -2.51. The zero-order valence-electron chi connectivity index (χ0n) is 18.3. The van der Waals surface area contributed by atoms with Gasteiger partial charge in [0.2, 0.25) is 5.91 Å². The number of amides is 2. The van der Waals surface area contributed by atoms with Crippen molar-refractivity contribution in [1.29, 1.82) is 0 Å². The lowest BCUT2D eigenvalue weighted by atomic mass is 9.93. The van der Waals surface area contributed by atoms with E-state index in [1.54, 1.807) is 12.1 Å². The fourth-order valence-electron chi connectivity index (χ4n) is 3.35. The SMILES string of the molecule is CC(C)CC(NC(=O)CNC(=O)c1ccc2c(ccn2C)c1)C(=O)C1(CO)CO1.CO. The highest BCUT2D eigenvalue weighted by Gasteiger charge is 2.54. The topological polar surface area (TPSA) is 133 Å². The van der Waals surface area contributed by atoms with E-state index in [9.17, 15) is 19.5 Å². The van der Waals surface area contributed by atoms with E-state index in [-0.39, 0.29) is 30.8 Å². The number of carbonyl (C=O) groups is 3. The number of fused-ring (bicyclic) bond motifs is 1. The minimum atomic E-state index is -1.19. The Kier molecular flexibility index (Phi) is 8.32. The van der Waals surface area contributed by atoms with Crippen LogP contribution in [0.5, 0.6) is 0 Å². The van der Waals surface area contributed by atoms with Crippen molar-refractivity contribution < 1.29 is 29.3 Å². The number of hydrogen-bond acceptors (Lipinski definition) is 6. The van der Waals surface area contributed by atoms with Gasteiger partial charge in [0.25, 0.3) is 5.91 Å². The van der Waals surface area contributed by atoms with Crippen molar-refractivity contribution in [2.45, 2.75) is 31.9 Å². The molecule has 2 unspecified atom stereocenters. The maximum atomic E-state index is 12.6. The molecule has 1 aliphatic rings. The molecule has 1 fully saturated rings. The van der Waals surface area contributed by atoms with Gasteiger partial charge in [0.05, 0.1) is 25.8 Å². The van der Waals surface area contributed by atoms with E-state index in [1.807, 2.05) is 43.8 Å². The van der Waals surface area contributed by atoms with Crippen LogP contribution in [0, 0.1) is 5.92 Å². The molecule has 9 heteroatoms. The number of ketones is 1. The first-order valence-corrected chi connectivity index (χ1v) is 10.1. The number of ether oxygens (including phenoxy) is 1. The molecule has 4 N–H and O–H groups in total. The molecule has 2 aromatic rings. The molecule has 0 spiro atoms. The lowest BCUT2D eigenvalue weighted by molar-refractivity contribution is -0.131. The van der Waals surface area contributed by atoms with Crippen LogP contribution in [-0.2, 0) is 21.4 Å². The van der Waals surface area contributed by atoms with Crippen molar-refractivity contribution in [1.82, 2.24) is 15.2 Å². The molecule has 2 amide bonds. The smallest absolute Gasteiger partial charge is 0.251 e. The standard InChI is InChI=1S/C21H27N3O5.CH4O/c1-13(2)8-16(19(27)21(11-25)12-29-21)23-18(26)10-22-20(28)15-4-5-17-14(9-15)6-7-24(17)3;1-2/h4-7,9,13,16,25H,8,10-12H2,1-3H3,(H,22,28)(H,23,26);2H,1H3. The number of aromatic nitrogens is 1. The fraction of sp³-hybridized carbons (Fsp3) is 0.500. The number of aliphatic hydroxyl groups is 2. The van der Waals surface area contributed by atoms with Gasteiger partial charge in [-0.05, 0) is 36.6 Å². The molecule has 0 aliphatic carbocycles. The van der Waals surface area contributed by atoms with Crippen LogP contribution in [0.15, 0.2) is 30.5 Å². The van der Waals surface area contributed by atoms with Crippen LogP contribution in [0.2, 0.25) is 0 Å². The summed E-state index contributed by atoms with van der Waals surface area (Å²) in [5.74, 6) is -1.00. The Balaban J connectivity index is 0.00000166. The monoisotopic (exact) mass is 433 g/mol. The molecule has 2 heterocycles. The van der Waals surface area contributed by atoms with E-state index in [0.29, 0.717) is 12.0 Å². The number of benzene rings is 1. The zero-order valence-corrected chi connectivity index (χ0v) is 18.3. The van der Waals surface area contributed by atoms with Crippen LogP contribution in [0.4, 0.5) is 0 Å². The first-order chi connectivity index (χ1) is 14.8. The Labute approximate surface area is 181 Å². The van der Waals surface area contributed by atoms with Crippen LogP contribution in [-0.4, -0.2) is 70.9 Å². The normalized spacial score (nSPS) is 18.2. The van der Waals surface area contributed by atoms with Gasteiger partial charge in [0.1, 0.15) is 0 Å². The predicted molar refractivity (Wildman–Crippen MR) is 116 cm³/mol. The van der Waals surface area contributed by atoms with Gasteiger partial charge in [0, 0.05) is 36.8 Å². The summed E-state index contributed by atoms with van der Waals surface area (Å²) in [5.41, 5.74) is 0.271. The van der Waals surface area contributed by atoms with Crippen molar-refractivity contribution in [3.05, 3.63) is 36.0 Å². The van der Waals surface area contributed by atoms with Gasteiger partial charge in [-0.15, -0.1) is 0 Å². The molecular weight excluding hydrogens is 402 g/mol. The Morgan fingerprint density at radius 1 is 1.23 bits per heavy atom. The Bertz CT molecular complexity index is 932. The largest absolute Gasteiger partial charge is 0.400 e. The van der Waals surface area contributed by atoms with Crippen molar-refractivity contribution in [2.75, 3.05) is 26.9 Å². The second-order valence-corrected chi connectivity index (χ2v) is 7.94. The number of nitrogens with zero attached hydrogens (tertiary/aromatic N) is 1. The minimum Gasteiger partial charge on any atom is -0.400 e. The Morgan fingerprint density at radius 2 is 1.90 bits per heavy atom. The molecule has 31 heavy (non-hydrogen) atoms. The van der Waals surface area contributed by atoms with Crippen molar-refractivity contribution in [3.63, 3.8) is 0 Å². The van der Waals surface area contributed by atoms with Crippen molar-refractivity contribution in [3.8, 4) is 0 Å². The average Bonchev–Trinajstić information content (AvgIpc) is 3.49. The quantitative estimate of drug-likeness (QED) is 0.423. The third-order valence-corrected chi connectivity index (χ3v) is 5.11. The zero-order chi connectivity index (χ0) is 23.2. The Morgan fingerprint density at radius 3 is 2.48 bits per heavy atom. The van der Waals surface area contributed by atoms with E-state index >= 15 is 0 Å². The summed E-state index contributed by atoms with van der Waals surface area (Å²) < 4.78 is 7.08. The van der Waals surface area contributed by atoms with Gasteiger partial charge in [-0.1, -0.05) is 13.8 Å². The molecule has 1 aromatic heterocycles. The fourth-order valence-corrected chi connectivity index (χ4v) is 3.35. The summed E-state index contributed by atoms with van der Waals surface area (Å²) in [4.78, 5) is 37.4. The molecule has 9 nitrogen and oxygen atoms in total. The molecule has 1 aromatic carbocycles. The molecule has 0 saturated carbocycles. The summed E-state index contributed by atoms with van der Waals surface area (Å²) in [6, 6.07) is 6.47. The Hall–Kier alpha value is -2.75. The average molecular weight is 434 g/mol. The second-order valence-electron chi connectivity index (χ2n) is 7.94. The highest BCUT2D eigenvalue weighted by molar-refractivity contribution is 6.01. The number of carbonyl (C=O) groups excluding carboxylic acids is 3. The molecule has 0 bridgehead atoms. The molecule has 2 atom stereocenters. The third kappa shape index (κ3) is 5.90. The summed E-state index contributed by atoms with van der Waals surface area (Å²) in [5, 5.41) is 22.6. The van der Waals surface area contributed by atoms with E-state index < -0.39 is 24.2 Å². The molecule has 1 aliphatic heterocycles. The molecule has 170 valence electrons. The van der Waals surface area contributed by atoms with Gasteiger partial charge < -0.3 is 30.2 Å². The number of epoxide rings is 1. The van der Waals surface area contributed by atoms with Gasteiger partial charge in [0.15, 0.2) is 11.4 Å². The van der Waals surface area contributed by atoms with Crippen LogP contribution in [0.3, 0.4) is 0 Å². The molecule has 0 radical (unpaired) electrons. The van der Waals surface area contributed by atoms with Gasteiger partial charge in [-0.2, -0.15) is 0 Å². The number of aliphatic hydroxyl groups excluding tert-OH is 2. The number of aryl methyl sites for hydroxylation is 1. The van der Waals surface area contributed by atoms with Crippen LogP contribution in [0.25, 0.3) is 10.9 Å². The molecule has 3 rings (SSSR count). The molecule has 1 saturated heterocycles. The highest BCUT2D eigenvalue weighted by Crippen LogP contribution is 2.30. The lowest BCUT2D eigenvalue weighted by Gasteiger charge is -2.22. The maximum Gasteiger partial charge on any atom is 0.251 e. The minimum absolute atomic E-state index is 0.158. The first-order valence-electron chi connectivity index (χ1n) is 10.1. The summed E-state index contributed by atoms with van der Waals surface area (Å²) >= 11 is 0. The second kappa shape index (κ2) is 10.5. The van der Waals surface area contributed by atoms with Gasteiger partial charge in [-0.3, -0.25) is 14.4 Å². The van der Waals surface area contributed by atoms with Crippen LogP contribution in [0.1, 0.15) is 30.6 Å². The van der Waals surface area contributed by atoms with E-state index in [4.69, 9.17) is 9.84 Å². The molecular formula is C22H31N3O6.